The molecule has 0 atom stereocenters. The van der Waals surface area contributed by atoms with Gasteiger partial charge in [-0.05, 0) is 67.8 Å². The quantitative estimate of drug-likeness (QED) is 0.226. The molecule has 0 bridgehead atoms. The maximum atomic E-state index is 15.2. The maximum absolute atomic E-state index is 15.2. The first-order chi connectivity index (χ1) is 21.2. The minimum absolute atomic E-state index is 0.135. The fourth-order valence-corrected chi connectivity index (χ4v) is 4.96. The normalized spacial score (nSPS) is 11.4. The van der Waals surface area contributed by atoms with Gasteiger partial charge < -0.3 is 20.4 Å². The highest BCUT2D eigenvalue weighted by atomic mass is 19.1. The van der Waals surface area contributed by atoms with Gasteiger partial charge in [0, 0.05) is 48.4 Å². The van der Waals surface area contributed by atoms with E-state index in [1.807, 2.05) is 19.9 Å². The van der Waals surface area contributed by atoms with E-state index >= 15 is 4.39 Å². The number of esters is 1. The van der Waals surface area contributed by atoms with Gasteiger partial charge in [-0.1, -0.05) is 30.4 Å². The molecule has 45 heavy (non-hydrogen) atoms. The Hall–Kier alpha value is -5.42. The van der Waals surface area contributed by atoms with Gasteiger partial charge in [0.1, 0.15) is 23.9 Å². The molecule has 2 aromatic carbocycles. The first-order valence-electron chi connectivity index (χ1n) is 14.1. The predicted molar refractivity (Wildman–Crippen MR) is 173 cm³/mol. The molecule has 0 radical (unpaired) electrons. The summed E-state index contributed by atoms with van der Waals surface area (Å²) in [7, 11) is 1.61. The van der Waals surface area contributed by atoms with Gasteiger partial charge in [-0.25, -0.2) is 9.37 Å². The number of nitrogens with one attached hydrogen (secondary N) is 1. The maximum Gasteiger partial charge on any atom is 0.302 e. The molecule has 3 N–H and O–H groups in total. The number of rotatable bonds is 8. The SMILES string of the molecule is C=C(C)c1cc(F)c2c(=O)n(-c3cccc(-c4cc(Nc5ccc(C(C)(C)N)cn5)c(=O)n(C)c4)c3COC(C)=O)ncc2c1. The van der Waals surface area contributed by atoms with Crippen LogP contribution in [0.3, 0.4) is 0 Å². The zero-order valence-electron chi connectivity index (χ0n) is 25.6. The van der Waals surface area contributed by atoms with E-state index in [1.54, 1.807) is 62.8 Å². The number of ether oxygens (including phenoxy) is 1. The standard InChI is InChI=1S/C34H33FN6O4/c1-19(2)21-12-22-15-38-41(33(44)31(22)27(35)13-21)29-9-7-8-25(26(29)18-45-20(3)42)23-14-28(32(43)40(6)17-23)39-30-11-10-24(16-37-30)34(4,5)36/h7-17H,1,18,36H2,2-6H3,(H,37,39). The smallest absolute Gasteiger partial charge is 0.302 e. The molecule has 11 heteroatoms. The molecule has 0 fully saturated rings. The van der Waals surface area contributed by atoms with Gasteiger partial charge in [-0.15, -0.1) is 0 Å². The van der Waals surface area contributed by atoms with Crippen molar-refractivity contribution in [3.63, 3.8) is 0 Å². The van der Waals surface area contributed by atoms with Crippen LogP contribution in [0.5, 0.6) is 0 Å². The number of aromatic nitrogens is 4. The zero-order valence-corrected chi connectivity index (χ0v) is 25.6. The molecule has 5 aromatic rings. The van der Waals surface area contributed by atoms with E-state index in [0.29, 0.717) is 39.0 Å². The number of hydrogen-bond acceptors (Lipinski definition) is 8. The molecule has 3 aromatic heterocycles. The van der Waals surface area contributed by atoms with Crippen molar-refractivity contribution in [1.29, 1.82) is 0 Å². The summed E-state index contributed by atoms with van der Waals surface area (Å²) in [5.74, 6) is -0.796. The molecule has 0 unspecified atom stereocenters. The van der Waals surface area contributed by atoms with Gasteiger partial charge in [0.25, 0.3) is 11.1 Å². The Kier molecular flexibility index (Phi) is 8.22. The van der Waals surface area contributed by atoms with Gasteiger partial charge in [0.2, 0.25) is 0 Å². The van der Waals surface area contributed by atoms with E-state index in [1.165, 1.54) is 23.8 Å². The molecule has 10 nitrogen and oxygen atoms in total. The Morgan fingerprint density at radius 2 is 1.84 bits per heavy atom. The summed E-state index contributed by atoms with van der Waals surface area (Å²) in [6.45, 7) is 10.4. The molecular formula is C34H33FN6O4. The van der Waals surface area contributed by atoms with Gasteiger partial charge in [0.15, 0.2) is 0 Å². The average Bonchev–Trinajstić information content (AvgIpc) is 2.98. The summed E-state index contributed by atoms with van der Waals surface area (Å²) in [5.41, 5.74) is 8.73. The fourth-order valence-electron chi connectivity index (χ4n) is 4.96. The van der Waals surface area contributed by atoms with Crippen molar-refractivity contribution >= 4 is 33.8 Å². The number of hydrogen-bond donors (Lipinski definition) is 2. The lowest BCUT2D eigenvalue weighted by Gasteiger charge is -2.19. The molecule has 0 aliphatic heterocycles. The Labute approximate surface area is 258 Å². The summed E-state index contributed by atoms with van der Waals surface area (Å²) in [6, 6.07) is 13.3. The third kappa shape index (κ3) is 6.29. The van der Waals surface area contributed by atoms with E-state index in [9.17, 15) is 14.4 Å². The second kappa shape index (κ2) is 11.9. The number of pyridine rings is 2. The molecule has 0 saturated carbocycles. The van der Waals surface area contributed by atoms with E-state index in [0.717, 1.165) is 10.2 Å². The van der Waals surface area contributed by atoms with Crippen LogP contribution in [0.15, 0.2) is 83.3 Å². The van der Waals surface area contributed by atoms with E-state index < -0.39 is 22.9 Å². The van der Waals surface area contributed by atoms with Crippen LogP contribution in [-0.2, 0) is 28.7 Å². The van der Waals surface area contributed by atoms with Crippen LogP contribution in [0.4, 0.5) is 15.9 Å². The lowest BCUT2D eigenvalue weighted by Crippen LogP contribution is -2.28. The molecule has 0 spiro atoms. The van der Waals surface area contributed by atoms with E-state index in [-0.39, 0.29) is 28.9 Å². The second-order valence-corrected chi connectivity index (χ2v) is 11.5. The van der Waals surface area contributed by atoms with Crippen molar-refractivity contribution in [1.82, 2.24) is 19.3 Å². The summed E-state index contributed by atoms with van der Waals surface area (Å²) >= 11 is 0. The third-order valence-corrected chi connectivity index (χ3v) is 7.40. The molecule has 5 rings (SSSR count). The van der Waals surface area contributed by atoms with E-state index in [2.05, 4.69) is 22.0 Å². The molecule has 3 heterocycles. The number of nitrogens with zero attached hydrogens (tertiary/aromatic N) is 4. The average molecular weight is 609 g/mol. The summed E-state index contributed by atoms with van der Waals surface area (Å²) in [4.78, 5) is 43.1. The number of carbonyl (C=O) groups is 1. The fraction of sp³-hybridized carbons (Fsp3) is 0.206. The molecule has 0 saturated heterocycles. The van der Waals surface area contributed by atoms with Crippen LogP contribution >= 0.6 is 0 Å². The van der Waals surface area contributed by atoms with Crippen molar-refractivity contribution in [2.45, 2.75) is 39.8 Å². The van der Waals surface area contributed by atoms with Crippen molar-refractivity contribution in [3.05, 3.63) is 117 Å². The summed E-state index contributed by atoms with van der Waals surface area (Å²) in [5, 5.41) is 7.63. The monoisotopic (exact) mass is 608 g/mol. The van der Waals surface area contributed by atoms with Crippen LogP contribution in [0.1, 0.15) is 44.4 Å². The minimum atomic E-state index is -0.699. The van der Waals surface area contributed by atoms with Gasteiger partial charge in [0.05, 0.1) is 17.3 Å². The van der Waals surface area contributed by atoms with Crippen molar-refractivity contribution < 1.29 is 13.9 Å². The lowest BCUT2D eigenvalue weighted by atomic mass is 9.98. The zero-order chi connectivity index (χ0) is 32.6. The third-order valence-electron chi connectivity index (χ3n) is 7.40. The Balaban J connectivity index is 1.65. The van der Waals surface area contributed by atoms with Crippen molar-refractivity contribution in [2.24, 2.45) is 12.8 Å². The highest BCUT2D eigenvalue weighted by molar-refractivity contribution is 5.85. The number of nitrogens with two attached hydrogens (primary N) is 1. The Bertz CT molecular complexity index is 2090. The minimum Gasteiger partial charge on any atom is -0.461 e. The molecule has 0 amide bonds. The molecule has 230 valence electrons. The predicted octanol–water partition coefficient (Wildman–Crippen LogP) is 5.32. The van der Waals surface area contributed by atoms with Crippen LogP contribution in [0.2, 0.25) is 0 Å². The highest BCUT2D eigenvalue weighted by Crippen LogP contribution is 2.31. The Morgan fingerprint density at radius 1 is 1.09 bits per heavy atom. The molecular weight excluding hydrogens is 575 g/mol. The van der Waals surface area contributed by atoms with Crippen LogP contribution in [0.25, 0.3) is 33.2 Å². The number of benzene rings is 2. The number of anilines is 2. The molecule has 0 aliphatic rings. The Morgan fingerprint density at radius 3 is 2.49 bits per heavy atom. The summed E-state index contributed by atoms with van der Waals surface area (Å²) in [6.07, 6.45) is 4.69. The molecule has 0 aliphatic carbocycles. The first-order valence-corrected chi connectivity index (χ1v) is 14.1. The number of allylic oxidation sites excluding steroid dienone is 1. The van der Waals surface area contributed by atoms with Crippen molar-refractivity contribution in [2.75, 3.05) is 5.32 Å². The first kappa shape index (κ1) is 31.0. The van der Waals surface area contributed by atoms with Gasteiger partial charge in [-0.3, -0.25) is 14.4 Å². The second-order valence-electron chi connectivity index (χ2n) is 11.5. The highest BCUT2D eigenvalue weighted by Gasteiger charge is 2.20. The lowest BCUT2D eigenvalue weighted by molar-refractivity contribution is -0.142. The van der Waals surface area contributed by atoms with Crippen LogP contribution < -0.4 is 22.2 Å². The van der Waals surface area contributed by atoms with Gasteiger partial charge in [-0.2, -0.15) is 9.78 Å². The summed E-state index contributed by atoms with van der Waals surface area (Å²) < 4.78 is 23.1. The number of fused-ring (bicyclic) bond motifs is 1. The van der Waals surface area contributed by atoms with Gasteiger partial charge >= 0.3 is 5.97 Å². The largest absolute Gasteiger partial charge is 0.461 e. The van der Waals surface area contributed by atoms with E-state index in [4.69, 9.17) is 10.5 Å². The number of carbonyl (C=O) groups excluding carboxylic acids is 1. The number of aryl methyl sites for hydroxylation is 1. The topological polar surface area (TPSA) is 134 Å². The van der Waals surface area contributed by atoms with Crippen LogP contribution in [0, 0.1) is 5.82 Å². The van der Waals surface area contributed by atoms with Crippen molar-refractivity contribution in [3.8, 4) is 16.8 Å². The number of halogens is 1. The van der Waals surface area contributed by atoms with Crippen LogP contribution in [-0.4, -0.2) is 25.3 Å².